The van der Waals surface area contributed by atoms with Crippen molar-refractivity contribution >= 4 is 40.5 Å². The number of hydrogen-bond acceptors (Lipinski definition) is 2. The van der Waals surface area contributed by atoms with Crippen LogP contribution in [0, 0.1) is 5.82 Å². The van der Waals surface area contributed by atoms with E-state index in [0.717, 1.165) is 12.0 Å². The van der Waals surface area contributed by atoms with Gasteiger partial charge in [-0.25, -0.2) is 4.39 Å². The van der Waals surface area contributed by atoms with Crippen molar-refractivity contribution < 1.29 is 9.18 Å². The van der Waals surface area contributed by atoms with E-state index in [1.165, 1.54) is 12.1 Å². The van der Waals surface area contributed by atoms with E-state index in [1.807, 2.05) is 11.8 Å². The van der Waals surface area contributed by atoms with Gasteiger partial charge in [-0.05, 0) is 61.5 Å². The van der Waals surface area contributed by atoms with Gasteiger partial charge in [0, 0.05) is 23.8 Å². The highest BCUT2D eigenvalue weighted by Gasteiger charge is 2.23. The van der Waals surface area contributed by atoms with Crippen molar-refractivity contribution in [1.29, 1.82) is 0 Å². The summed E-state index contributed by atoms with van der Waals surface area (Å²) in [6.07, 6.45) is 0.840. The van der Waals surface area contributed by atoms with Crippen molar-refractivity contribution in [2.45, 2.75) is 32.9 Å². The van der Waals surface area contributed by atoms with Crippen LogP contribution in [0.2, 0.25) is 5.02 Å². The third-order valence-corrected chi connectivity index (χ3v) is 4.64. The lowest BCUT2D eigenvalue weighted by molar-refractivity contribution is -0.119. The summed E-state index contributed by atoms with van der Waals surface area (Å²) in [5.41, 5.74) is 1.55. The Morgan fingerprint density at radius 1 is 1.26 bits per heavy atom. The average Bonchev–Trinajstić information content (AvgIpc) is 2.65. The molecule has 1 amide bonds. The SMILES string of the molecule is CCCN(C(=S)NCc1ccc(F)cc1)[C@@H](C)C(=O)Nc1cccc(Cl)c1. The summed E-state index contributed by atoms with van der Waals surface area (Å²) >= 11 is 11.5. The number of halogens is 2. The van der Waals surface area contributed by atoms with Gasteiger partial charge >= 0.3 is 0 Å². The van der Waals surface area contributed by atoms with Crippen LogP contribution in [0.5, 0.6) is 0 Å². The van der Waals surface area contributed by atoms with Crippen LogP contribution in [0.3, 0.4) is 0 Å². The molecule has 2 rings (SSSR count). The Morgan fingerprint density at radius 2 is 1.96 bits per heavy atom. The Morgan fingerprint density at radius 3 is 2.59 bits per heavy atom. The van der Waals surface area contributed by atoms with E-state index in [9.17, 15) is 9.18 Å². The minimum atomic E-state index is -0.461. The lowest BCUT2D eigenvalue weighted by Crippen LogP contribution is -2.49. The maximum Gasteiger partial charge on any atom is 0.246 e. The third kappa shape index (κ3) is 6.48. The van der Waals surface area contributed by atoms with E-state index in [4.69, 9.17) is 23.8 Å². The molecule has 0 aliphatic rings. The van der Waals surface area contributed by atoms with Crippen LogP contribution in [0.1, 0.15) is 25.8 Å². The summed E-state index contributed by atoms with van der Waals surface area (Å²) in [6.45, 7) is 4.93. The summed E-state index contributed by atoms with van der Waals surface area (Å²) in [4.78, 5) is 14.5. The van der Waals surface area contributed by atoms with Crippen molar-refractivity contribution in [1.82, 2.24) is 10.2 Å². The number of nitrogens with zero attached hydrogens (tertiary/aromatic N) is 1. The van der Waals surface area contributed by atoms with Crippen molar-refractivity contribution in [3.63, 3.8) is 0 Å². The Bertz CT molecular complexity index is 785. The van der Waals surface area contributed by atoms with Crippen LogP contribution < -0.4 is 10.6 Å². The first kappa shape index (κ1) is 21.1. The third-order valence-electron chi connectivity index (χ3n) is 4.02. The van der Waals surface area contributed by atoms with E-state index in [2.05, 4.69) is 10.6 Å². The molecule has 0 radical (unpaired) electrons. The topological polar surface area (TPSA) is 44.4 Å². The molecule has 2 aromatic carbocycles. The lowest BCUT2D eigenvalue weighted by atomic mass is 10.2. The lowest BCUT2D eigenvalue weighted by Gasteiger charge is -2.30. The molecule has 0 fully saturated rings. The van der Waals surface area contributed by atoms with Gasteiger partial charge < -0.3 is 15.5 Å². The van der Waals surface area contributed by atoms with E-state index < -0.39 is 6.04 Å². The summed E-state index contributed by atoms with van der Waals surface area (Å²) in [5, 5.41) is 7.05. The highest BCUT2D eigenvalue weighted by atomic mass is 35.5. The van der Waals surface area contributed by atoms with Gasteiger partial charge in [0.2, 0.25) is 5.91 Å². The van der Waals surface area contributed by atoms with Gasteiger partial charge in [-0.1, -0.05) is 36.7 Å². The average molecular weight is 408 g/mol. The van der Waals surface area contributed by atoms with Crippen molar-refractivity contribution in [2.24, 2.45) is 0 Å². The number of benzene rings is 2. The standard InChI is InChI=1S/C20H23ClFN3OS/c1-3-11-25(20(27)23-13-15-7-9-17(22)10-8-15)14(2)19(26)24-18-6-4-5-16(21)12-18/h4-10,12,14H,3,11,13H2,1-2H3,(H,23,27)(H,24,26)/t14-/m0/s1. The molecule has 2 N–H and O–H groups in total. The largest absolute Gasteiger partial charge is 0.358 e. The van der Waals surface area contributed by atoms with Crippen LogP contribution in [0.4, 0.5) is 10.1 Å². The Balaban J connectivity index is 1.99. The van der Waals surface area contributed by atoms with Crippen LogP contribution in [0.15, 0.2) is 48.5 Å². The molecule has 0 aromatic heterocycles. The molecule has 27 heavy (non-hydrogen) atoms. The van der Waals surface area contributed by atoms with E-state index >= 15 is 0 Å². The van der Waals surface area contributed by atoms with Gasteiger partial charge in [0.15, 0.2) is 5.11 Å². The molecule has 7 heteroatoms. The number of anilines is 1. The van der Waals surface area contributed by atoms with Crippen LogP contribution in [0.25, 0.3) is 0 Å². The maximum absolute atomic E-state index is 13.0. The molecule has 144 valence electrons. The molecule has 2 aromatic rings. The van der Waals surface area contributed by atoms with E-state index in [0.29, 0.717) is 28.9 Å². The zero-order chi connectivity index (χ0) is 19.8. The molecule has 4 nitrogen and oxygen atoms in total. The molecule has 0 saturated heterocycles. The zero-order valence-electron chi connectivity index (χ0n) is 15.3. The predicted octanol–water partition coefficient (Wildman–Crippen LogP) is 4.59. The Kier molecular flexibility index (Phi) is 8.00. The molecule has 0 aliphatic heterocycles. The smallest absolute Gasteiger partial charge is 0.246 e. The number of rotatable bonds is 7. The second-order valence-corrected chi connectivity index (χ2v) is 6.98. The van der Waals surface area contributed by atoms with Gasteiger partial charge in [-0.15, -0.1) is 0 Å². The molecule has 1 atom stereocenters. The normalized spacial score (nSPS) is 11.6. The molecule has 0 saturated carbocycles. The van der Waals surface area contributed by atoms with Gasteiger partial charge in [0.1, 0.15) is 11.9 Å². The first-order chi connectivity index (χ1) is 12.9. The van der Waals surface area contributed by atoms with Crippen LogP contribution in [-0.2, 0) is 11.3 Å². The van der Waals surface area contributed by atoms with E-state index in [1.54, 1.807) is 43.3 Å². The van der Waals surface area contributed by atoms with Crippen LogP contribution in [-0.4, -0.2) is 28.5 Å². The molecule has 0 aliphatic carbocycles. The fourth-order valence-corrected chi connectivity index (χ4v) is 3.06. The highest BCUT2D eigenvalue weighted by molar-refractivity contribution is 7.80. The number of amides is 1. The van der Waals surface area contributed by atoms with Gasteiger partial charge in [0.25, 0.3) is 0 Å². The number of carbonyl (C=O) groups excluding carboxylic acids is 1. The fraction of sp³-hybridized carbons (Fsp3) is 0.300. The van der Waals surface area contributed by atoms with E-state index in [-0.39, 0.29) is 11.7 Å². The van der Waals surface area contributed by atoms with Crippen molar-refractivity contribution in [3.05, 3.63) is 64.9 Å². The summed E-state index contributed by atoms with van der Waals surface area (Å²) in [6, 6.07) is 12.8. The minimum Gasteiger partial charge on any atom is -0.358 e. The Hall–Kier alpha value is -2.18. The highest BCUT2D eigenvalue weighted by Crippen LogP contribution is 2.16. The molecule has 0 bridgehead atoms. The fourth-order valence-electron chi connectivity index (χ4n) is 2.55. The minimum absolute atomic E-state index is 0.170. The van der Waals surface area contributed by atoms with Gasteiger partial charge in [0.05, 0.1) is 0 Å². The quantitative estimate of drug-likeness (QED) is 0.659. The number of hydrogen-bond donors (Lipinski definition) is 2. The Labute approximate surface area is 169 Å². The summed E-state index contributed by atoms with van der Waals surface area (Å²) in [7, 11) is 0. The molecular formula is C20H23ClFN3OS. The summed E-state index contributed by atoms with van der Waals surface area (Å²) < 4.78 is 13.0. The number of carbonyl (C=O) groups is 1. The summed E-state index contributed by atoms with van der Waals surface area (Å²) in [5.74, 6) is -0.447. The predicted molar refractivity (Wildman–Crippen MR) is 112 cm³/mol. The molecular weight excluding hydrogens is 385 g/mol. The number of nitrogens with one attached hydrogen (secondary N) is 2. The monoisotopic (exact) mass is 407 g/mol. The molecule has 0 spiro atoms. The maximum atomic E-state index is 13.0. The number of thiocarbonyl (C=S) groups is 1. The second kappa shape index (κ2) is 10.2. The van der Waals surface area contributed by atoms with Crippen molar-refractivity contribution in [3.8, 4) is 0 Å². The van der Waals surface area contributed by atoms with Crippen molar-refractivity contribution in [2.75, 3.05) is 11.9 Å². The van der Waals surface area contributed by atoms with Gasteiger partial charge in [-0.2, -0.15) is 0 Å². The molecule has 0 heterocycles. The zero-order valence-corrected chi connectivity index (χ0v) is 16.9. The first-order valence-corrected chi connectivity index (χ1v) is 9.54. The van der Waals surface area contributed by atoms with Gasteiger partial charge in [-0.3, -0.25) is 4.79 Å². The molecule has 0 unspecified atom stereocenters. The van der Waals surface area contributed by atoms with Crippen LogP contribution >= 0.6 is 23.8 Å². The first-order valence-electron chi connectivity index (χ1n) is 8.76. The second-order valence-electron chi connectivity index (χ2n) is 6.15.